The Bertz CT molecular complexity index is 313. The van der Waals surface area contributed by atoms with E-state index in [0.29, 0.717) is 0 Å². The van der Waals surface area contributed by atoms with Crippen molar-refractivity contribution in [2.45, 2.75) is 39.7 Å². The van der Waals surface area contributed by atoms with Gasteiger partial charge in [0.05, 0.1) is 6.10 Å². The molecule has 0 amide bonds. The Morgan fingerprint density at radius 1 is 1.44 bits per heavy atom. The van der Waals surface area contributed by atoms with Gasteiger partial charge in [0.15, 0.2) is 0 Å². The first-order valence-corrected chi connectivity index (χ1v) is 6.08. The SMILES string of the molecule is CCCCN(CC)c1ncccc1[C@H](C)O. The van der Waals surface area contributed by atoms with Gasteiger partial charge in [-0.25, -0.2) is 4.98 Å². The Kier molecular flexibility index (Phi) is 5.26. The Morgan fingerprint density at radius 3 is 2.75 bits per heavy atom. The summed E-state index contributed by atoms with van der Waals surface area (Å²) in [5, 5.41) is 9.71. The van der Waals surface area contributed by atoms with Crippen molar-refractivity contribution in [1.29, 1.82) is 0 Å². The van der Waals surface area contributed by atoms with Gasteiger partial charge in [0.2, 0.25) is 0 Å². The fourth-order valence-electron chi connectivity index (χ4n) is 1.76. The second-order valence-corrected chi connectivity index (χ2v) is 4.03. The number of aromatic nitrogens is 1. The van der Waals surface area contributed by atoms with E-state index in [-0.39, 0.29) is 0 Å². The molecule has 0 saturated heterocycles. The summed E-state index contributed by atoms with van der Waals surface area (Å²) in [6.07, 6.45) is 3.66. The number of rotatable bonds is 6. The minimum atomic E-state index is -0.459. The highest BCUT2D eigenvalue weighted by Crippen LogP contribution is 2.23. The maximum absolute atomic E-state index is 9.71. The van der Waals surface area contributed by atoms with Crippen LogP contribution in [0.25, 0.3) is 0 Å². The molecule has 3 heteroatoms. The fraction of sp³-hybridized carbons (Fsp3) is 0.615. The molecule has 0 aliphatic carbocycles. The van der Waals surface area contributed by atoms with E-state index in [4.69, 9.17) is 0 Å². The predicted molar refractivity (Wildman–Crippen MR) is 67.7 cm³/mol. The molecule has 90 valence electrons. The van der Waals surface area contributed by atoms with Crippen molar-refractivity contribution in [2.75, 3.05) is 18.0 Å². The van der Waals surface area contributed by atoms with Gasteiger partial charge in [0.25, 0.3) is 0 Å². The Morgan fingerprint density at radius 2 is 2.19 bits per heavy atom. The lowest BCUT2D eigenvalue weighted by molar-refractivity contribution is 0.199. The molecule has 0 unspecified atom stereocenters. The first-order chi connectivity index (χ1) is 7.70. The van der Waals surface area contributed by atoms with Crippen molar-refractivity contribution >= 4 is 5.82 Å². The second-order valence-electron chi connectivity index (χ2n) is 4.03. The molecule has 1 heterocycles. The second kappa shape index (κ2) is 6.48. The largest absolute Gasteiger partial charge is 0.389 e. The average Bonchev–Trinajstić information content (AvgIpc) is 2.30. The molecule has 0 saturated carbocycles. The van der Waals surface area contributed by atoms with Gasteiger partial charge in [0, 0.05) is 24.8 Å². The van der Waals surface area contributed by atoms with Gasteiger partial charge in [-0.15, -0.1) is 0 Å². The van der Waals surface area contributed by atoms with Crippen LogP contribution in [0.15, 0.2) is 18.3 Å². The van der Waals surface area contributed by atoms with Gasteiger partial charge in [-0.1, -0.05) is 19.4 Å². The van der Waals surface area contributed by atoms with E-state index < -0.39 is 6.10 Å². The third kappa shape index (κ3) is 3.20. The molecule has 0 aliphatic rings. The molecule has 1 N–H and O–H groups in total. The third-order valence-electron chi connectivity index (χ3n) is 2.73. The van der Waals surface area contributed by atoms with Crippen LogP contribution >= 0.6 is 0 Å². The number of unbranched alkanes of at least 4 members (excludes halogenated alkanes) is 1. The molecule has 0 fully saturated rings. The Hall–Kier alpha value is -1.09. The highest BCUT2D eigenvalue weighted by atomic mass is 16.3. The van der Waals surface area contributed by atoms with Crippen molar-refractivity contribution < 1.29 is 5.11 Å². The molecule has 0 bridgehead atoms. The van der Waals surface area contributed by atoms with E-state index >= 15 is 0 Å². The highest BCUT2D eigenvalue weighted by molar-refractivity contribution is 5.47. The number of aliphatic hydroxyl groups excluding tert-OH is 1. The molecule has 1 aromatic heterocycles. The molecule has 1 atom stereocenters. The minimum Gasteiger partial charge on any atom is -0.389 e. The topological polar surface area (TPSA) is 36.4 Å². The van der Waals surface area contributed by atoms with Gasteiger partial charge in [0.1, 0.15) is 5.82 Å². The van der Waals surface area contributed by atoms with Crippen LogP contribution in [-0.2, 0) is 0 Å². The molecule has 16 heavy (non-hydrogen) atoms. The molecule has 1 aromatic rings. The number of nitrogens with zero attached hydrogens (tertiary/aromatic N) is 2. The molecule has 0 aliphatic heterocycles. The lowest BCUT2D eigenvalue weighted by Gasteiger charge is -2.25. The van der Waals surface area contributed by atoms with E-state index in [1.807, 2.05) is 12.1 Å². The fourth-order valence-corrected chi connectivity index (χ4v) is 1.76. The van der Waals surface area contributed by atoms with Crippen LogP contribution in [0.3, 0.4) is 0 Å². The first-order valence-electron chi connectivity index (χ1n) is 6.08. The number of hydrogen-bond acceptors (Lipinski definition) is 3. The van der Waals surface area contributed by atoms with E-state index in [1.165, 1.54) is 6.42 Å². The van der Waals surface area contributed by atoms with Crippen molar-refractivity contribution in [3.63, 3.8) is 0 Å². The number of anilines is 1. The van der Waals surface area contributed by atoms with Gasteiger partial charge >= 0.3 is 0 Å². The quantitative estimate of drug-likeness (QED) is 0.804. The van der Waals surface area contributed by atoms with E-state index in [0.717, 1.165) is 30.9 Å². The molecule has 0 spiro atoms. The Labute approximate surface area is 98.1 Å². The maximum Gasteiger partial charge on any atom is 0.134 e. The van der Waals surface area contributed by atoms with Crippen molar-refractivity contribution in [3.8, 4) is 0 Å². The number of aliphatic hydroxyl groups is 1. The normalized spacial score (nSPS) is 12.5. The maximum atomic E-state index is 9.71. The zero-order valence-corrected chi connectivity index (χ0v) is 10.5. The summed E-state index contributed by atoms with van der Waals surface area (Å²) >= 11 is 0. The van der Waals surface area contributed by atoms with Crippen LogP contribution in [-0.4, -0.2) is 23.2 Å². The lowest BCUT2D eigenvalue weighted by Crippen LogP contribution is -2.26. The number of pyridine rings is 1. The van der Waals surface area contributed by atoms with Crippen molar-refractivity contribution in [3.05, 3.63) is 23.9 Å². The summed E-state index contributed by atoms with van der Waals surface area (Å²) in [4.78, 5) is 6.62. The third-order valence-corrected chi connectivity index (χ3v) is 2.73. The van der Waals surface area contributed by atoms with Crippen LogP contribution in [0.2, 0.25) is 0 Å². The molecule has 3 nitrogen and oxygen atoms in total. The molecule has 0 aromatic carbocycles. The first kappa shape index (κ1) is 13.0. The summed E-state index contributed by atoms with van der Waals surface area (Å²) in [7, 11) is 0. The van der Waals surface area contributed by atoms with Crippen molar-refractivity contribution in [1.82, 2.24) is 4.98 Å². The summed E-state index contributed by atoms with van der Waals surface area (Å²) in [6, 6.07) is 3.82. The van der Waals surface area contributed by atoms with Gasteiger partial charge in [-0.05, 0) is 26.3 Å². The Balaban J connectivity index is 2.90. The minimum absolute atomic E-state index is 0.459. The van der Waals surface area contributed by atoms with Crippen LogP contribution in [0, 0.1) is 0 Å². The monoisotopic (exact) mass is 222 g/mol. The molecule has 0 radical (unpaired) electrons. The molecule has 1 rings (SSSR count). The van der Waals surface area contributed by atoms with Crippen LogP contribution in [0.1, 0.15) is 45.3 Å². The van der Waals surface area contributed by atoms with E-state index in [9.17, 15) is 5.11 Å². The van der Waals surface area contributed by atoms with Crippen LogP contribution in [0.5, 0.6) is 0 Å². The summed E-state index contributed by atoms with van der Waals surface area (Å²) in [6.45, 7) is 8.02. The highest BCUT2D eigenvalue weighted by Gasteiger charge is 2.13. The van der Waals surface area contributed by atoms with E-state index in [1.54, 1.807) is 13.1 Å². The van der Waals surface area contributed by atoms with Crippen molar-refractivity contribution in [2.24, 2.45) is 0 Å². The smallest absolute Gasteiger partial charge is 0.134 e. The summed E-state index contributed by atoms with van der Waals surface area (Å²) < 4.78 is 0. The molecular weight excluding hydrogens is 200 g/mol. The van der Waals surface area contributed by atoms with Crippen LogP contribution in [0.4, 0.5) is 5.82 Å². The average molecular weight is 222 g/mol. The zero-order valence-electron chi connectivity index (χ0n) is 10.5. The zero-order chi connectivity index (χ0) is 12.0. The summed E-state index contributed by atoms with van der Waals surface area (Å²) in [5.74, 6) is 0.924. The number of hydrogen-bond donors (Lipinski definition) is 1. The van der Waals surface area contributed by atoms with Gasteiger partial charge in [-0.3, -0.25) is 0 Å². The van der Waals surface area contributed by atoms with Crippen LogP contribution < -0.4 is 4.90 Å². The molecular formula is C13H22N2O. The summed E-state index contributed by atoms with van der Waals surface area (Å²) in [5.41, 5.74) is 0.917. The van der Waals surface area contributed by atoms with Gasteiger partial charge in [-0.2, -0.15) is 0 Å². The van der Waals surface area contributed by atoms with E-state index in [2.05, 4.69) is 23.7 Å². The predicted octanol–water partition coefficient (Wildman–Crippen LogP) is 2.76. The van der Waals surface area contributed by atoms with Gasteiger partial charge < -0.3 is 10.0 Å². The standard InChI is InChI=1S/C13H22N2O/c1-4-6-10-15(5-2)13-12(11(3)16)8-7-9-14-13/h7-9,11,16H,4-6,10H2,1-3H3/t11-/m0/s1. The lowest BCUT2D eigenvalue weighted by atomic mass is 10.1.